The van der Waals surface area contributed by atoms with E-state index in [0.717, 1.165) is 25.3 Å². The second-order valence-electron chi connectivity index (χ2n) is 5.15. The predicted octanol–water partition coefficient (Wildman–Crippen LogP) is 3.57. The third kappa shape index (κ3) is 3.26. The van der Waals surface area contributed by atoms with Gasteiger partial charge in [-0.25, -0.2) is 0 Å². The lowest BCUT2D eigenvalue weighted by atomic mass is 10.2. The molecule has 0 bridgehead atoms. The van der Waals surface area contributed by atoms with Crippen LogP contribution in [0.5, 0.6) is 5.75 Å². The lowest BCUT2D eigenvalue weighted by molar-refractivity contribution is 0.306. The van der Waals surface area contributed by atoms with Crippen molar-refractivity contribution in [2.24, 2.45) is 5.73 Å². The van der Waals surface area contributed by atoms with Gasteiger partial charge in [-0.3, -0.25) is 0 Å². The molecular formula is C18H20N2O. The van der Waals surface area contributed by atoms with Gasteiger partial charge < -0.3 is 15.0 Å². The minimum absolute atomic E-state index is 0.597. The van der Waals surface area contributed by atoms with E-state index >= 15 is 0 Å². The van der Waals surface area contributed by atoms with Gasteiger partial charge in [-0.05, 0) is 42.8 Å². The number of fused-ring (bicyclic) bond motifs is 1. The first kappa shape index (κ1) is 13.7. The second kappa shape index (κ2) is 6.46. The van der Waals surface area contributed by atoms with Crippen LogP contribution in [0.4, 0.5) is 0 Å². The Balaban J connectivity index is 1.72. The predicted molar refractivity (Wildman–Crippen MR) is 86.4 cm³/mol. The molecule has 0 atom stereocenters. The molecule has 0 amide bonds. The van der Waals surface area contributed by atoms with Gasteiger partial charge in [0.15, 0.2) is 0 Å². The Kier molecular flexibility index (Phi) is 4.22. The number of aryl methyl sites for hydroxylation is 1. The van der Waals surface area contributed by atoms with Gasteiger partial charge in [-0.2, -0.15) is 0 Å². The maximum absolute atomic E-state index is 5.86. The second-order valence-corrected chi connectivity index (χ2v) is 5.15. The van der Waals surface area contributed by atoms with Crippen LogP contribution >= 0.6 is 0 Å². The smallest absolute Gasteiger partial charge is 0.120 e. The zero-order valence-electron chi connectivity index (χ0n) is 12.0. The number of rotatable bonds is 6. The highest BCUT2D eigenvalue weighted by Crippen LogP contribution is 2.23. The standard InChI is InChI=1S/C18H20N2O/c19-10-4-11-20-12-9-16-13-17(7-8-18(16)20)21-14-15-5-2-1-3-6-15/h1-3,5-9,12-13H,4,10-11,14,19H2. The lowest BCUT2D eigenvalue weighted by Gasteiger charge is -2.08. The molecule has 0 saturated heterocycles. The van der Waals surface area contributed by atoms with Crippen molar-refractivity contribution in [1.82, 2.24) is 4.57 Å². The summed E-state index contributed by atoms with van der Waals surface area (Å²) in [6, 6.07) is 18.6. The number of benzene rings is 2. The van der Waals surface area contributed by atoms with Crippen molar-refractivity contribution < 1.29 is 4.74 Å². The molecule has 0 aliphatic carbocycles. The van der Waals surface area contributed by atoms with E-state index in [-0.39, 0.29) is 0 Å². The summed E-state index contributed by atoms with van der Waals surface area (Å²) in [5.74, 6) is 0.905. The molecule has 0 unspecified atom stereocenters. The minimum Gasteiger partial charge on any atom is -0.489 e. The van der Waals surface area contributed by atoms with Gasteiger partial charge >= 0.3 is 0 Å². The van der Waals surface area contributed by atoms with Gasteiger partial charge in [0.2, 0.25) is 0 Å². The zero-order chi connectivity index (χ0) is 14.5. The summed E-state index contributed by atoms with van der Waals surface area (Å²) >= 11 is 0. The molecule has 0 aliphatic rings. The topological polar surface area (TPSA) is 40.2 Å². The summed E-state index contributed by atoms with van der Waals surface area (Å²) in [6.45, 7) is 2.28. The van der Waals surface area contributed by atoms with Gasteiger partial charge in [0, 0.05) is 23.6 Å². The number of nitrogens with two attached hydrogens (primary N) is 1. The highest BCUT2D eigenvalue weighted by molar-refractivity contribution is 5.81. The summed E-state index contributed by atoms with van der Waals surface area (Å²) in [7, 11) is 0. The number of ether oxygens (including phenoxy) is 1. The van der Waals surface area contributed by atoms with Crippen molar-refractivity contribution in [2.45, 2.75) is 19.6 Å². The minimum atomic E-state index is 0.597. The Labute approximate surface area is 125 Å². The van der Waals surface area contributed by atoms with E-state index < -0.39 is 0 Å². The van der Waals surface area contributed by atoms with Crippen LogP contribution in [0, 0.1) is 0 Å². The molecule has 0 fully saturated rings. The van der Waals surface area contributed by atoms with E-state index in [9.17, 15) is 0 Å². The third-order valence-electron chi connectivity index (χ3n) is 3.59. The first-order chi connectivity index (χ1) is 10.4. The number of aromatic nitrogens is 1. The molecule has 3 nitrogen and oxygen atoms in total. The van der Waals surface area contributed by atoms with E-state index in [1.165, 1.54) is 16.5 Å². The Bertz CT molecular complexity index is 704. The first-order valence-corrected chi connectivity index (χ1v) is 7.32. The van der Waals surface area contributed by atoms with E-state index in [1.54, 1.807) is 0 Å². The normalized spacial score (nSPS) is 10.9. The van der Waals surface area contributed by atoms with Crippen LogP contribution in [-0.2, 0) is 13.2 Å². The molecule has 3 rings (SSSR count). The summed E-state index contributed by atoms with van der Waals surface area (Å²) in [6.07, 6.45) is 3.11. The maximum atomic E-state index is 5.86. The molecule has 3 aromatic rings. The van der Waals surface area contributed by atoms with Crippen molar-refractivity contribution in [3.05, 3.63) is 66.4 Å². The fourth-order valence-electron chi connectivity index (χ4n) is 2.47. The quantitative estimate of drug-likeness (QED) is 0.750. The molecule has 2 aromatic carbocycles. The van der Waals surface area contributed by atoms with E-state index in [1.807, 2.05) is 24.3 Å². The van der Waals surface area contributed by atoms with Crippen molar-refractivity contribution in [1.29, 1.82) is 0 Å². The highest BCUT2D eigenvalue weighted by atomic mass is 16.5. The summed E-state index contributed by atoms with van der Waals surface area (Å²) in [4.78, 5) is 0. The Morgan fingerprint density at radius 3 is 2.67 bits per heavy atom. The fourth-order valence-corrected chi connectivity index (χ4v) is 2.47. The molecule has 0 aliphatic heterocycles. The summed E-state index contributed by atoms with van der Waals surface area (Å²) in [5, 5.41) is 1.21. The SMILES string of the molecule is NCCCn1ccc2cc(OCc3ccccc3)ccc21. The lowest BCUT2D eigenvalue weighted by Crippen LogP contribution is -2.04. The van der Waals surface area contributed by atoms with Crippen molar-refractivity contribution in [3.63, 3.8) is 0 Å². The monoisotopic (exact) mass is 280 g/mol. The van der Waals surface area contributed by atoms with Gasteiger partial charge in [-0.15, -0.1) is 0 Å². The molecular weight excluding hydrogens is 260 g/mol. The van der Waals surface area contributed by atoms with Crippen LogP contribution in [0.15, 0.2) is 60.8 Å². The molecule has 0 radical (unpaired) electrons. The summed E-state index contributed by atoms with van der Waals surface area (Å²) < 4.78 is 8.10. The van der Waals surface area contributed by atoms with Gasteiger partial charge in [0.1, 0.15) is 12.4 Å². The largest absolute Gasteiger partial charge is 0.489 e. The van der Waals surface area contributed by atoms with E-state index in [2.05, 4.69) is 41.1 Å². The summed E-state index contributed by atoms with van der Waals surface area (Å²) in [5.41, 5.74) is 7.99. The molecule has 0 spiro atoms. The van der Waals surface area contributed by atoms with Crippen molar-refractivity contribution in [2.75, 3.05) is 6.54 Å². The number of hydrogen-bond donors (Lipinski definition) is 1. The number of nitrogens with zero attached hydrogens (tertiary/aromatic N) is 1. The van der Waals surface area contributed by atoms with Gasteiger partial charge in [0.05, 0.1) is 0 Å². The van der Waals surface area contributed by atoms with Crippen LogP contribution in [0.25, 0.3) is 10.9 Å². The average molecular weight is 280 g/mol. The zero-order valence-corrected chi connectivity index (χ0v) is 12.0. The Morgan fingerprint density at radius 1 is 1.00 bits per heavy atom. The molecule has 1 heterocycles. The highest BCUT2D eigenvalue weighted by Gasteiger charge is 2.03. The van der Waals surface area contributed by atoms with E-state index in [0.29, 0.717) is 6.61 Å². The van der Waals surface area contributed by atoms with Crippen molar-refractivity contribution in [3.8, 4) is 5.75 Å². The van der Waals surface area contributed by atoms with Crippen molar-refractivity contribution >= 4 is 10.9 Å². The molecule has 108 valence electrons. The van der Waals surface area contributed by atoms with Gasteiger partial charge in [0.25, 0.3) is 0 Å². The average Bonchev–Trinajstić information content (AvgIpc) is 2.94. The fraction of sp³-hybridized carbons (Fsp3) is 0.222. The van der Waals surface area contributed by atoms with Crippen LogP contribution in [0.1, 0.15) is 12.0 Å². The molecule has 21 heavy (non-hydrogen) atoms. The van der Waals surface area contributed by atoms with Crippen LogP contribution in [0.3, 0.4) is 0 Å². The third-order valence-corrected chi connectivity index (χ3v) is 3.59. The molecule has 0 saturated carbocycles. The maximum Gasteiger partial charge on any atom is 0.120 e. The van der Waals surface area contributed by atoms with Crippen LogP contribution in [-0.4, -0.2) is 11.1 Å². The van der Waals surface area contributed by atoms with Crippen LogP contribution in [0.2, 0.25) is 0 Å². The Hall–Kier alpha value is -2.26. The molecule has 3 heteroatoms. The van der Waals surface area contributed by atoms with Crippen LogP contribution < -0.4 is 10.5 Å². The molecule has 1 aromatic heterocycles. The van der Waals surface area contributed by atoms with E-state index in [4.69, 9.17) is 10.5 Å². The first-order valence-electron chi connectivity index (χ1n) is 7.32. The molecule has 2 N–H and O–H groups in total. The Morgan fingerprint density at radius 2 is 1.86 bits per heavy atom. The van der Waals surface area contributed by atoms with Gasteiger partial charge in [-0.1, -0.05) is 30.3 Å². The number of hydrogen-bond acceptors (Lipinski definition) is 2.